The smallest absolute Gasteiger partial charge is 0.0137 e. The zero-order valence-corrected chi connectivity index (χ0v) is 7.38. The van der Waals surface area contributed by atoms with Crippen LogP contribution in [0.2, 0.25) is 0 Å². The van der Waals surface area contributed by atoms with Crippen molar-refractivity contribution in [3.05, 3.63) is 36.0 Å². The molecule has 0 aliphatic carbocycles. The van der Waals surface area contributed by atoms with E-state index in [0.29, 0.717) is 6.54 Å². The summed E-state index contributed by atoms with van der Waals surface area (Å²) in [6, 6.07) is 0. The van der Waals surface area contributed by atoms with Crippen molar-refractivity contribution in [2.24, 2.45) is 5.73 Å². The van der Waals surface area contributed by atoms with E-state index in [1.165, 1.54) is 5.57 Å². The first kappa shape index (κ1) is 10.2. The van der Waals surface area contributed by atoms with Gasteiger partial charge in [0.15, 0.2) is 0 Å². The number of hydrogen-bond acceptors (Lipinski definition) is 1. The van der Waals surface area contributed by atoms with Crippen LogP contribution in [-0.2, 0) is 0 Å². The number of hydrogen-bond donors (Lipinski definition) is 1. The molecule has 11 heavy (non-hydrogen) atoms. The summed E-state index contributed by atoms with van der Waals surface area (Å²) in [5, 5.41) is 0. The molecule has 0 saturated carbocycles. The van der Waals surface area contributed by atoms with E-state index in [1.54, 1.807) is 0 Å². The zero-order chi connectivity index (χ0) is 8.53. The molecule has 2 N–H and O–H groups in total. The van der Waals surface area contributed by atoms with E-state index in [9.17, 15) is 0 Å². The van der Waals surface area contributed by atoms with Crippen LogP contribution in [0.15, 0.2) is 36.0 Å². The largest absolute Gasteiger partial charge is 0.327 e. The molecule has 0 heterocycles. The maximum absolute atomic E-state index is 5.39. The summed E-state index contributed by atoms with van der Waals surface area (Å²) in [5.41, 5.74) is 6.59. The second-order valence-electron chi connectivity index (χ2n) is 2.44. The van der Waals surface area contributed by atoms with Gasteiger partial charge in [-0.3, -0.25) is 0 Å². The molecule has 0 rings (SSSR count). The van der Waals surface area contributed by atoms with Gasteiger partial charge in [0.05, 0.1) is 0 Å². The van der Waals surface area contributed by atoms with Gasteiger partial charge in [-0.2, -0.15) is 0 Å². The molecule has 0 atom stereocenters. The Balaban J connectivity index is 3.67. The quantitative estimate of drug-likeness (QED) is 0.613. The van der Waals surface area contributed by atoms with Crippen LogP contribution in [0.3, 0.4) is 0 Å². The summed E-state index contributed by atoms with van der Waals surface area (Å²) in [7, 11) is 0. The molecule has 62 valence electrons. The van der Waals surface area contributed by atoms with Gasteiger partial charge in [0.1, 0.15) is 0 Å². The van der Waals surface area contributed by atoms with Gasteiger partial charge in [0.25, 0.3) is 0 Å². The molecule has 0 fully saturated rings. The minimum absolute atomic E-state index is 0.641. The molecule has 1 nitrogen and oxygen atoms in total. The fraction of sp³-hybridized carbons (Fsp3) is 0.400. The van der Waals surface area contributed by atoms with Gasteiger partial charge in [0.2, 0.25) is 0 Å². The Hall–Kier alpha value is -0.820. The molecule has 0 unspecified atom stereocenters. The average Bonchev–Trinajstić information content (AvgIpc) is 2.04. The first-order valence-electron chi connectivity index (χ1n) is 4.00. The van der Waals surface area contributed by atoms with Gasteiger partial charge >= 0.3 is 0 Å². The van der Waals surface area contributed by atoms with E-state index in [4.69, 9.17) is 5.73 Å². The predicted octanol–water partition coefficient (Wildman–Crippen LogP) is 2.41. The van der Waals surface area contributed by atoms with Crippen LogP contribution < -0.4 is 5.73 Å². The fourth-order valence-corrected chi connectivity index (χ4v) is 0.567. The van der Waals surface area contributed by atoms with Crippen molar-refractivity contribution >= 4 is 0 Å². The molecule has 0 saturated heterocycles. The summed E-state index contributed by atoms with van der Waals surface area (Å²) in [6.07, 6.45) is 11.3. The van der Waals surface area contributed by atoms with Gasteiger partial charge in [-0.25, -0.2) is 0 Å². The van der Waals surface area contributed by atoms with Crippen LogP contribution in [0.25, 0.3) is 0 Å². The van der Waals surface area contributed by atoms with Gasteiger partial charge in [0, 0.05) is 6.54 Å². The first-order valence-corrected chi connectivity index (χ1v) is 4.00. The Labute approximate surface area is 69.3 Å². The summed E-state index contributed by atoms with van der Waals surface area (Å²) in [4.78, 5) is 0. The van der Waals surface area contributed by atoms with Crippen molar-refractivity contribution in [3.63, 3.8) is 0 Å². The van der Waals surface area contributed by atoms with Crippen LogP contribution in [0.4, 0.5) is 0 Å². The van der Waals surface area contributed by atoms with Crippen molar-refractivity contribution in [2.75, 3.05) is 6.54 Å². The lowest BCUT2D eigenvalue weighted by Gasteiger charge is -1.88. The van der Waals surface area contributed by atoms with Crippen molar-refractivity contribution in [2.45, 2.75) is 20.3 Å². The molecule has 0 spiro atoms. The summed E-state index contributed by atoms with van der Waals surface area (Å²) in [5.74, 6) is 0. The van der Waals surface area contributed by atoms with E-state index in [1.807, 2.05) is 31.2 Å². The predicted molar refractivity (Wildman–Crippen MR) is 51.4 cm³/mol. The first-order chi connectivity index (χ1) is 5.31. The molecular formula is C10H17N. The molecule has 0 aromatic rings. The Bertz CT molecular complexity index is 164. The molecule has 0 bridgehead atoms. The van der Waals surface area contributed by atoms with Gasteiger partial charge < -0.3 is 5.73 Å². The lowest BCUT2D eigenvalue weighted by molar-refractivity contribution is 1.14. The summed E-state index contributed by atoms with van der Waals surface area (Å²) < 4.78 is 0. The van der Waals surface area contributed by atoms with Crippen molar-refractivity contribution in [1.29, 1.82) is 0 Å². The van der Waals surface area contributed by atoms with Crippen LogP contribution in [-0.4, -0.2) is 6.54 Å². The second kappa shape index (κ2) is 7.29. The second-order valence-corrected chi connectivity index (χ2v) is 2.44. The topological polar surface area (TPSA) is 26.0 Å². The fourth-order valence-electron chi connectivity index (χ4n) is 0.567. The monoisotopic (exact) mass is 151 g/mol. The van der Waals surface area contributed by atoms with Gasteiger partial charge in [-0.1, -0.05) is 42.9 Å². The standard InChI is InChI=1S/C10H17N/c1-3-4-5-6-7-8-10(2)9-11/h4-8H,3,9,11H2,1-2H3/b5-4-,7-6-,10-8+. The molecule has 0 aliphatic rings. The molecular weight excluding hydrogens is 134 g/mol. The Morgan fingerprint density at radius 1 is 1.27 bits per heavy atom. The van der Waals surface area contributed by atoms with Crippen LogP contribution in [0.5, 0.6) is 0 Å². The highest BCUT2D eigenvalue weighted by Crippen LogP contribution is 1.89. The van der Waals surface area contributed by atoms with Gasteiger partial charge in [-0.05, 0) is 13.3 Å². The highest BCUT2D eigenvalue weighted by Gasteiger charge is 1.76. The lowest BCUT2D eigenvalue weighted by Crippen LogP contribution is -1.98. The molecule has 0 aromatic heterocycles. The van der Waals surface area contributed by atoms with Crippen LogP contribution in [0, 0.1) is 0 Å². The Morgan fingerprint density at radius 2 is 2.00 bits per heavy atom. The molecule has 0 aromatic carbocycles. The third-order valence-electron chi connectivity index (χ3n) is 1.30. The summed E-state index contributed by atoms with van der Waals surface area (Å²) >= 11 is 0. The normalized spacial score (nSPS) is 13.5. The highest BCUT2D eigenvalue weighted by molar-refractivity contribution is 5.15. The van der Waals surface area contributed by atoms with Crippen molar-refractivity contribution in [3.8, 4) is 0 Å². The average molecular weight is 151 g/mol. The third kappa shape index (κ3) is 7.07. The molecule has 0 radical (unpaired) electrons. The van der Waals surface area contributed by atoms with E-state index < -0.39 is 0 Å². The van der Waals surface area contributed by atoms with E-state index in [0.717, 1.165) is 6.42 Å². The highest BCUT2D eigenvalue weighted by atomic mass is 14.5. The third-order valence-corrected chi connectivity index (χ3v) is 1.30. The van der Waals surface area contributed by atoms with Crippen molar-refractivity contribution in [1.82, 2.24) is 0 Å². The zero-order valence-electron chi connectivity index (χ0n) is 7.38. The Kier molecular flexibility index (Phi) is 6.75. The SMILES string of the molecule is CC\C=C/C=C\C=C(/C)CN. The molecule has 1 heteroatoms. The number of nitrogens with two attached hydrogens (primary N) is 1. The van der Waals surface area contributed by atoms with E-state index >= 15 is 0 Å². The van der Waals surface area contributed by atoms with Crippen molar-refractivity contribution < 1.29 is 0 Å². The van der Waals surface area contributed by atoms with Crippen LogP contribution in [0.1, 0.15) is 20.3 Å². The number of allylic oxidation sites excluding steroid dienone is 5. The number of rotatable bonds is 4. The summed E-state index contributed by atoms with van der Waals surface area (Å²) in [6.45, 7) is 4.78. The maximum atomic E-state index is 5.39. The minimum atomic E-state index is 0.641. The Morgan fingerprint density at radius 3 is 2.55 bits per heavy atom. The lowest BCUT2D eigenvalue weighted by atomic mass is 10.2. The minimum Gasteiger partial charge on any atom is -0.327 e. The van der Waals surface area contributed by atoms with Crippen LogP contribution >= 0.6 is 0 Å². The van der Waals surface area contributed by atoms with E-state index in [-0.39, 0.29) is 0 Å². The van der Waals surface area contributed by atoms with E-state index in [2.05, 4.69) is 13.0 Å². The molecule has 0 aliphatic heterocycles. The molecule has 0 amide bonds. The van der Waals surface area contributed by atoms with Gasteiger partial charge in [-0.15, -0.1) is 0 Å². The maximum Gasteiger partial charge on any atom is 0.0137 e.